The van der Waals surface area contributed by atoms with Gasteiger partial charge in [0.05, 0.1) is 10.7 Å². The van der Waals surface area contributed by atoms with Crippen molar-refractivity contribution in [3.05, 3.63) is 33.6 Å². The van der Waals surface area contributed by atoms with Crippen molar-refractivity contribution in [3.8, 4) is 17.0 Å². The largest absolute Gasteiger partial charge is 0.484 e. The minimum atomic E-state index is -4.31. The summed E-state index contributed by atoms with van der Waals surface area (Å²) in [6.07, 6.45) is -3.59. The minimum absolute atomic E-state index is 0.253. The Morgan fingerprint density at radius 2 is 2.16 bits per heavy atom. The third kappa shape index (κ3) is 2.45. The Morgan fingerprint density at radius 1 is 1.37 bits per heavy atom. The number of ether oxygens (including phenoxy) is 1. The standard InChI is InChI=1S/C13H10F3NOS/c1-7-17-12-10-3-2-9(18-6-13(14,15)16)4-8(10)5-11(12)19-7/h2-4H,5-6H2,1H3. The monoisotopic (exact) mass is 285 g/mol. The number of hydrogen-bond acceptors (Lipinski definition) is 3. The Balaban J connectivity index is 1.84. The van der Waals surface area contributed by atoms with Crippen molar-refractivity contribution in [2.75, 3.05) is 6.61 Å². The van der Waals surface area contributed by atoms with Crippen LogP contribution in [0.4, 0.5) is 13.2 Å². The van der Waals surface area contributed by atoms with Gasteiger partial charge in [-0.15, -0.1) is 11.3 Å². The van der Waals surface area contributed by atoms with Crippen molar-refractivity contribution in [2.45, 2.75) is 19.5 Å². The van der Waals surface area contributed by atoms with Gasteiger partial charge in [-0.05, 0) is 30.7 Å². The van der Waals surface area contributed by atoms with Crippen LogP contribution in [0.5, 0.6) is 5.75 Å². The molecule has 1 aliphatic carbocycles. The van der Waals surface area contributed by atoms with E-state index in [0.717, 1.165) is 28.2 Å². The molecule has 0 bridgehead atoms. The molecule has 0 spiro atoms. The number of benzene rings is 1. The van der Waals surface area contributed by atoms with Crippen LogP contribution in [-0.4, -0.2) is 17.8 Å². The van der Waals surface area contributed by atoms with E-state index in [2.05, 4.69) is 4.98 Å². The van der Waals surface area contributed by atoms with E-state index in [1.54, 1.807) is 29.5 Å². The lowest BCUT2D eigenvalue weighted by Gasteiger charge is -2.10. The highest BCUT2D eigenvalue weighted by molar-refractivity contribution is 7.12. The molecule has 0 aliphatic heterocycles. The van der Waals surface area contributed by atoms with Crippen LogP contribution in [0.2, 0.25) is 0 Å². The predicted molar refractivity (Wildman–Crippen MR) is 66.6 cm³/mol. The number of hydrogen-bond donors (Lipinski definition) is 0. The molecular weight excluding hydrogens is 275 g/mol. The highest BCUT2D eigenvalue weighted by Gasteiger charge is 2.29. The molecule has 1 aromatic carbocycles. The molecule has 19 heavy (non-hydrogen) atoms. The van der Waals surface area contributed by atoms with Gasteiger partial charge in [-0.2, -0.15) is 13.2 Å². The van der Waals surface area contributed by atoms with Gasteiger partial charge < -0.3 is 4.74 Å². The van der Waals surface area contributed by atoms with Gasteiger partial charge >= 0.3 is 6.18 Å². The molecule has 1 aromatic heterocycles. The van der Waals surface area contributed by atoms with E-state index in [9.17, 15) is 13.2 Å². The summed E-state index contributed by atoms with van der Waals surface area (Å²) in [4.78, 5) is 5.61. The van der Waals surface area contributed by atoms with E-state index in [1.165, 1.54) is 4.88 Å². The van der Waals surface area contributed by atoms with Crippen LogP contribution in [0.3, 0.4) is 0 Å². The number of aromatic nitrogens is 1. The summed E-state index contributed by atoms with van der Waals surface area (Å²) in [5.41, 5.74) is 2.94. The molecule has 2 nitrogen and oxygen atoms in total. The molecule has 1 heterocycles. The third-order valence-electron chi connectivity index (χ3n) is 2.89. The molecule has 0 atom stereocenters. The first-order chi connectivity index (χ1) is 8.92. The zero-order valence-corrected chi connectivity index (χ0v) is 10.9. The molecule has 0 saturated heterocycles. The maximum atomic E-state index is 12.1. The normalized spacial score (nSPS) is 13.3. The molecule has 0 N–H and O–H groups in total. The lowest BCUT2D eigenvalue weighted by Crippen LogP contribution is -2.19. The van der Waals surface area contributed by atoms with Crippen molar-refractivity contribution < 1.29 is 17.9 Å². The summed E-state index contributed by atoms with van der Waals surface area (Å²) in [5.74, 6) is 0.253. The molecule has 0 unspecified atom stereocenters. The van der Waals surface area contributed by atoms with E-state index in [4.69, 9.17) is 4.74 Å². The van der Waals surface area contributed by atoms with Gasteiger partial charge in [-0.25, -0.2) is 4.98 Å². The molecule has 0 saturated carbocycles. The predicted octanol–water partition coefficient (Wildman–Crippen LogP) is 3.96. The summed E-state index contributed by atoms with van der Waals surface area (Å²) < 4.78 is 41.0. The average Bonchev–Trinajstić information content (AvgIpc) is 2.80. The fraction of sp³-hybridized carbons (Fsp3) is 0.308. The Labute approximate surface area is 111 Å². The molecule has 0 radical (unpaired) electrons. The number of nitrogens with zero attached hydrogens (tertiary/aromatic N) is 1. The number of alkyl halides is 3. The number of thiazole rings is 1. The highest BCUT2D eigenvalue weighted by Crippen LogP contribution is 2.40. The lowest BCUT2D eigenvalue weighted by molar-refractivity contribution is -0.153. The van der Waals surface area contributed by atoms with Crippen LogP contribution in [0.25, 0.3) is 11.3 Å². The summed E-state index contributed by atoms with van der Waals surface area (Å²) in [7, 11) is 0. The van der Waals surface area contributed by atoms with Crippen LogP contribution in [0.1, 0.15) is 15.4 Å². The Kier molecular flexibility index (Phi) is 2.78. The number of aryl methyl sites for hydroxylation is 1. The zero-order valence-electron chi connectivity index (χ0n) is 10.0. The second-order valence-corrected chi connectivity index (χ2v) is 5.69. The molecule has 1 aliphatic rings. The van der Waals surface area contributed by atoms with Crippen molar-refractivity contribution in [1.82, 2.24) is 4.98 Å². The quantitative estimate of drug-likeness (QED) is 0.711. The van der Waals surface area contributed by atoms with E-state index in [0.29, 0.717) is 0 Å². The van der Waals surface area contributed by atoms with Crippen LogP contribution in [0, 0.1) is 6.92 Å². The van der Waals surface area contributed by atoms with E-state index >= 15 is 0 Å². The first kappa shape index (κ1) is 12.5. The van der Waals surface area contributed by atoms with Crippen LogP contribution in [0.15, 0.2) is 18.2 Å². The first-order valence-electron chi connectivity index (χ1n) is 5.71. The highest BCUT2D eigenvalue weighted by atomic mass is 32.1. The first-order valence-corrected chi connectivity index (χ1v) is 6.53. The Bertz CT molecular complexity index is 633. The average molecular weight is 285 g/mol. The van der Waals surface area contributed by atoms with E-state index in [1.807, 2.05) is 6.92 Å². The molecule has 100 valence electrons. The Hall–Kier alpha value is -1.56. The second-order valence-electron chi connectivity index (χ2n) is 4.40. The molecule has 3 rings (SSSR count). The van der Waals surface area contributed by atoms with Crippen molar-refractivity contribution in [1.29, 1.82) is 0 Å². The fourth-order valence-electron chi connectivity index (χ4n) is 2.17. The van der Waals surface area contributed by atoms with Crippen LogP contribution in [-0.2, 0) is 6.42 Å². The van der Waals surface area contributed by atoms with E-state index < -0.39 is 12.8 Å². The van der Waals surface area contributed by atoms with Crippen molar-refractivity contribution in [2.24, 2.45) is 0 Å². The van der Waals surface area contributed by atoms with Crippen LogP contribution >= 0.6 is 11.3 Å². The van der Waals surface area contributed by atoms with Gasteiger partial charge in [0.2, 0.25) is 0 Å². The number of rotatable bonds is 2. The van der Waals surface area contributed by atoms with Crippen LogP contribution < -0.4 is 4.74 Å². The SMILES string of the molecule is Cc1nc2c(s1)Cc1cc(OCC(F)(F)F)ccc1-2. The topological polar surface area (TPSA) is 22.1 Å². The van der Waals surface area contributed by atoms with Crippen molar-refractivity contribution >= 4 is 11.3 Å². The van der Waals surface area contributed by atoms with Gasteiger partial charge in [-0.1, -0.05) is 0 Å². The summed E-state index contributed by atoms with van der Waals surface area (Å²) in [6.45, 7) is 0.689. The third-order valence-corrected chi connectivity index (χ3v) is 3.86. The van der Waals surface area contributed by atoms with Gasteiger partial charge in [0, 0.05) is 16.9 Å². The lowest BCUT2D eigenvalue weighted by atomic mass is 10.1. The van der Waals surface area contributed by atoms with E-state index in [-0.39, 0.29) is 5.75 Å². The number of fused-ring (bicyclic) bond motifs is 3. The molecule has 0 amide bonds. The molecular formula is C13H10F3NOS. The second kappa shape index (κ2) is 4.23. The molecule has 2 aromatic rings. The van der Waals surface area contributed by atoms with Gasteiger partial charge in [-0.3, -0.25) is 0 Å². The maximum Gasteiger partial charge on any atom is 0.422 e. The van der Waals surface area contributed by atoms with Gasteiger partial charge in [0.1, 0.15) is 5.75 Å². The fourth-order valence-corrected chi connectivity index (χ4v) is 3.15. The molecule has 6 heteroatoms. The summed E-state index contributed by atoms with van der Waals surface area (Å²) >= 11 is 1.62. The number of halogens is 3. The van der Waals surface area contributed by atoms with Gasteiger partial charge in [0.15, 0.2) is 6.61 Å². The Morgan fingerprint density at radius 3 is 2.89 bits per heavy atom. The smallest absolute Gasteiger partial charge is 0.422 e. The minimum Gasteiger partial charge on any atom is -0.484 e. The van der Waals surface area contributed by atoms with Gasteiger partial charge in [0.25, 0.3) is 0 Å². The molecule has 0 fully saturated rings. The summed E-state index contributed by atoms with van der Waals surface area (Å²) in [5, 5.41) is 1.01. The zero-order chi connectivity index (χ0) is 13.6. The maximum absolute atomic E-state index is 12.1. The summed E-state index contributed by atoms with van der Waals surface area (Å²) in [6, 6.07) is 5.02. The van der Waals surface area contributed by atoms with Crippen molar-refractivity contribution in [3.63, 3.8) is 0 Å².